The molecule has 1 N–H and O–H groups in total. The molecule has 0 radical (unpaired) electrons. The number of fused-ring (bicyclic) bond motifs is 1. The van der Waals surface area contributed by atoms with Crippen LogP contribution in [0, 0.1) is 6.92 Å². The number of halogens is 4. The van der Waals surface area contributed by atoms with Gasteiger partial charge in [0.05, 0.1) is 19.3 Å². The van der Waals surface area contributed by atoms with Crippen molar-refractivity contribution in [3.05, 3.63) is 94.0 Å². The lowest BCUT2D eigenvalue weighted by atomic mass is 9.80. The van der Waals surface area contributed by atoms with Crippen LogP contribution in [0.25, 0.3) is 0 Å². The maximum atomic E-state index is 14.8. The quantitative estimate of drug-likeness (QED) is 0.396. The molecular formula is C26H22ClF3N2O3. The molecule has 2 amide bonds. The highest BCUT2D eigenvalue weighted by atomic mass is 35.5. The minimum atomic E-state index is -4.98. The van der Waals surface area contributed by atoms with Crippen molar-refractivity contribution in [2.75, 3.05) is 12.0 Å². The molecule has 3 aromatic carbocycles. The lowest BCUT2D eigenvalue weighted by molar-refractivity contribution is -0.196. The highest BCUT2D eigenvalue weighted by Crippen LogP contribution is 2.49. The number of hydrogen-bond donors (Lipinski definition) is 1. The molecule has 0 fully saturated rings. The number of rotatable bonds is 6. The van der Waals surface area contributed by atoms with E-state index in [0.717, 1.165) is 6.07 Å². The average Bonchev–Trinajstić information content (AvgIpc) is 2.81. The Hall–Kier alpha value is -3.52. The van der Waals surface area contributed by atoms with Crippen LogP contribution >= 0.6 is 11.6 Å². The molecule has 1 atom stereocenters. The first kappa shape index (κ1) is 24.6. The van der Waals surface area contributed by atoms with Crippen LogP contribution in [-0.2, 0) is 12.1 Å². The van der Waals surface area contributed by atoms with E-state index in [0.29, 0.717) is 16.9 Å². The predicted molar refractivity (Wildman–Crippen MR) is 127 cm³/mol. The smallest absolute Gasteiger partial charge is 0.416 e. The van der Waals surface area contributed by atoms with Crippen LogP contribution in [0.15, 0.2) is 66.7 Å². The van der Waals surface area contributed by atoms with Crippen molar-refractivity contribution < 1.29 is 27.5 Å². The Morgan fingerprint density at radius 1 is 1.09 bits per heavy atom. The maximum Gasteiger partial charge on any atom is 0.416 e. The van der Waals surface area contributed by atoms with Gasteiger partial charge in [-0.05, 0) is 48.4 Å². The first-order chi connectivity index (χ1) is 16.6. The molecule has 0 bridgehead atoms. The topological polar surface area (TPSA) is 58.6 Å². The number of carbonyl (C=O) groups is 2. The third-order valence-corrected chi connectivity index (χ3v) is 6.36. The fourth-order valence-corrected chi connectivity index (χ4v) is 4.44. The Kier molecular flexibility index (Phi) is 6.51. The van der Waals surface area contributed by atoms with E-state index in [1.165, 1.54) is 30.2 Å². The number of alkyl halides is 3. The van der Waals surface area contributed by atoms with Crippen molar-refractivity contribution in [1.29, 1.82) is 0 Å². The fraction of sp³-hybridized carbons (Fsp3) is 0.231. The number of methoxy groups -OCH3 is 1. The number of Topliss-reactive ketones (excluding diaryl/α,β-unsaturated/α-hetero) is 1. The molecule has 3 aromatic rings. The summed E-state index contributed by atoms with van der Waals surface area (Å²) in [5, 5.41) is 2.18. The van der Waals surface area contributed by atoms with Crippen molar-refractivity contribution >= 4 is 29.1 Å². The lowest BCUT2D eigenvalue weighted by Gasteiger charge is -2.44. The van der Waals surface area contributed by atoms with E-state index in [2.05, 4.69) is 5.32 Å². The molecule has 182 valence electrons. The van der Waals surface area contributed by atoms with Crippen molar-refractivity contribution in [3.63, 3.8) is 0 Å². The van der Waals surface area contributed by atoms with Crippen LogP contribution in [0.5, 0.6) is 5.75 Å². The van der Waals surface area contributed by atoms with Gasteiger partial charge >= 0.3 is 12.2 Å². The highest BCUT2D eigenvalue weighted by molar-refractivity contribution is 6.30. The predicted octanol–water partition coefficient (Wildman–Crippen LogP) is 6.42. The van der Waals surface area contributed by atoms with Gasteiger partial charge in [-0.1, -0.05) is 48.0 Å². The molecule has 0 aromatic heterocycles. The summed E-state index contributed by atoms with van der Waals surface area (Å²) < 4.78 is 49.4. The number of carbonyl (C=O) groups excluding carboxylic acids is 2. The Bertz CT molecular complexity index is 1280. The third kappa shape index (κ3) is 4.58. The average molecular weight is 503 g/mol. The van der Waals surface area contributed by atoms with E-state index in [9.17, 15) is 22.8 Å². The normalized spacial score (nSPS) is 17.5. The van der Waals surface area contributed by atoms with Crippen molar-refractivity contribution in [3.8, 4) is 5.75 Å². The zero-order valence-electron chi connectivity index (χ0n) is 18.9. The number of ether oxygens (including phenoxy) is 1. The summed E-state index contributed by atoms with van der Waals surface area (Å²) in [6, 6.07) is 16.2. The van der Waals surface area contributed by atoms with Gasteiger partial charge in [0.2, 0.25) is 0 Å². The number of anilines is 1. The summed E-state index contributed by atoms with van der Waals surface area (Å²) >= 11 is 6.11. The number of ketones is 1. The first-order valence-corrected chi connectivity index (χ1v) is 11.1. The SMILES string of the molecule is COc1ccc(CN2C(=O)NC(CC(=O)c3ccccc3C)(C(F)(F)F)c3cc(Cl)ccc32)cc1. The van der Waals surface area contributed by atoms with E-state index >= 15 is 0 Å². The van der Waals surface area contributed by atoms with Crippen molar-refractivity contribution in [2.24, 2.45) is 0 Å². The monoisotopic (exact) mass is 502 g/mol. The van der Waals surface area contributed by atoms with Gasteiger partial charge in [-0.2, -0.15) is 13.2 Å². The number of amides is 2. The molecular weight excluding hydrogens is 481 g/mol. The van der Waals surface area contributed by atoms with Crippen LogP contribution in [0.1, 0.15) is 33.5 Å². The number of nitrogens with one attached hydrogen (secondary N) is 1. The number of benzene rings is 3. The molecule has 1 heterocycles. The number of aryl methyl sites for hydroxylation is 1. The van der Waals surface area contributed by atoms with Gasteiger partial charge < -0.3 is 10.1 Å². The van der Waals surface area contributed by atoms with Crippen LogP contribution in [0.2, 0.25) is 5.02 Å². The molecule has 4 rings (SSSR count). The summed E-state index contributed by atoms with van der Waals surface area (Å²) in [4.78, 5) is 27.5. The van der Waals surface area contributed by atoms with Crippen LogP contribution in [0.4, 0.5) is 23.7 Å². The van der Waals surface area contributed by atoms with Crippen LogP contribution in [0.3, 0.4) is 0 Å². The summed E-state index contributed by atoms with van der Waals surface area (Å²) in [6.07, 6.45) is -5.98. The van der Waals surface area contributed by atoms with Gasteiger partial charge in [0.25, 0.3) is 0 Å². The Balaban J connectivity index is 1.81. The second kappa shape index (κ2) is 9.26. The van der Waals surface area contributed by atoms with Gasteiger partial charge in [-0.15, -0.1) is 0 Å². The Morgan fingerprint density at radius 2 is 1.77 bits per heavy atom. The zero-order valence-corrected chi connectivity index (χ0v) is 19.7. The summed E-state index contributed by atoms with van der Waals surface area (Å²) in [6.45, 7) is 1.65. The van der Waals surface area contributed by atoms with Crippen LogP contribution < -0.4 is 15.0 Å². The molecule has 0 saturated heterocycles. The van der Waals surface area contributed by atoms with E-state index in [-0.39, 0.29) is 28.4 Å². The minimum Gasteiger partial charge on any atom is -0.497 e. The molecule has 1 aliphatic heterocycles. The minimum absolute atomic E-state index is 0.00410. The number of urea groups is 1. The van der Waals surface area contributed by atoms with E-state index in [1.807, 2.05) is 0 Å². The second-order valence-corrected chi connectivity index (χ2v) is 8.78. The van der Waals surface area contributed by atoms with E-state index < -0.39 is 30.0 Å². The number of hydrogen-bond acceptors (Lipinski definition) is 3. The van der Waals surface area contributed by atoms with E-state index in [4.69, 9.17) is 16.3 Å². The van der Waals surface area contributed by atoms with Gasteiger partial charge in [0, 0.05) is 22.6 Å². The standard InChI is InChI=1S/C26H22ClF3N2O3/c1-16-5-3-4-6-20(16)23(33)14-25(26(28,29)30)21-13-18(27)9-12-22(21)32(24(34)31-25)15-17-7-10-19(35-2)11-8-17/h3-13H,14-15H2,1-2H3,(H,31,34). The maximum absolute atomic E-state index is 14.8. The number of nitrogens with zero attached hydrogens (tertiary/aromatic N) is 1. The van der Waals surface area contributed by atoms with Crippen molar-refractivity contribution in [2.45, 2.75) is 31.6 Å². The largest absolute Gasteiger partial charge is 0.497 e. The zero-order chi connectivity index (χ0) is 25.4. The molecule has 35 heavy (non-hydrogen) atoms. The fourth-order valence-electron chi connectivity index (χ4n) is 4.27. The van der Waals surface area contributed by atoms with Crippen LogP contribution in [-0.4, -0.2) is 25.1 Å². The van der Waals surface area contributed by atoms with Gasteiger partial charge in [-0.3, -0.25) is 9.69 Å². The molecule has 1 unspecified atom stereocenters. The van der Waals surface area contributed by atoms with Crippen molar-refractivity contribution in [1.82, 2.24) is 5.32 Å². The van der Waals surface area contributed by atoms with Gasteiger partial charge in [0.15, 0.2) is 11.3 Å². The summed E-state index contributed by atoms with van der Waals surface area (Å²) in [5.74, 6) is -0.134. The van der Waals surface area contributed by atoms with Gasteiger partial charge in [-0.25, -0.2) is 4.79 Å². The Labute approximate surface area is 205 Å². The van der Waals surface area contributed by atoms with Gasteiger partial charge in [0.1, 0.15) is 5.75 Å². The lowest BCUT2D eigenvalue weighted by Crippen LogP contribution is -2.63. The molecule has 0 spiro atoms. The molecule has 0 aliphatic carbocycles. The third-order valence-electron chi connectivity index (χ3n) is 6.13. The second-order valence-electron chi connectivity index (χ2n) is 8.34. The Morgan fingerprint density at radius 3 is 2.40 bits per heavy atom. The first-order valence-electron chi connectivity index (χ1n) is 10.7. The summed E-state index contributed by atoms with van der Waals surface area (Å²) in [7, 11) is 1.52. The highest BCUT2D eigenvalue weighted by Gasteiger charge is 2.61. The molecule has 0 saturated carbocycles. The van der Waals surface area contributed by atoms with E-state index in [1.54, 1.807) is 49.4 Å². The molecule has 5 nitrogen and oxygen atoms in total. The summed E-state index contributed by atoms with van der Waals surface area (Å²) in [5.41, 5.74) is -1.81. The molecule has 9 heteroatoms. The molecule has 1 aliphatic rings.